The first-order valence-electron chi connectivity index (χ1n) is 9.13. The quantitative estimate of drug-likeness (QED) is 0.639. The predicted molar refractivity (Wildman–Crippen MR) is 107 cm³/mol. The molecule has 0 heterocycles. The fourth-order valence-corrected chi connectivity index (χ4v) is 2.41. The van der Waals surface area contributed by atoms with Crippen LogP contribution in [0, 0.1) is 0 Å². The van der Waals surface area contributed by atoms with Crippen LogP contribution < -0.4 is 14.8 Å². The molecule has 138 valence electrons. The van der Waals surface area contributed by atoms with Crippen LogP contribution in [-0.2, 0) is 11.2 Å². The van der Waals surface area contributed by atoms with E-state index in [2.05, 4.69) is 19.2 Å². The van der Waals surface area contributed by atoms with Crippen LogP contribution in [0.15, 0.2) is 48.5 Å². The molecule has 0 saturated carbocycles. The molecule has 4 nitrogen and oxygen atoms in total. The zero-order valence-corrected chi connectivity index (χ0v) is 15.7. The first kappa shape index (κ1) is 19.6. The van der Waals surface area contributed by atoms with Crippen LogP contribution in [-0.4, -0.2) is 19.1 Å². The van der Waals surface area contributed by atoms with Gasteiger partial charge < -0.3 is 14.8 Å². The first-order chi connectivity index (χ1) is 12.7. The molecule has 0 aromatic heterocycles. The molecule has 0 atom stereocenters. The van der Waals surface area contributed by atoms with Gasteiger partial charge in [-0.25, -0.2) is 0 Å². The third-order valence-corrected chi connectivity index (χ3v) is 3.79. The van der Waals surface area contributed by atoms with E-state index in [1.165, 1.54) is 11.6 Å². The number of hydrogen-bond donors (Lipinski definition) is 1. The highest BCUT2D eigenvalue weighted by molar-refractivity contribution is 6.01. The molecule has 0 unspecified atom stereocenters. The van der Waals surface area contributed by atoms with Crippen molar-refractivity contribution in [1.29, 1.82) is 0 Å². The molecule has 0 radical (unpaired) electrons. The highest BCUT2D eigenvalue weighted by Crippen LogP contribution is 2.29. The number of carbonyl (C=O) groups is 1. The lowest BCUT2D eigenvalue weighted by molar-refractivity contribution is -0.111. The van der Waals surface area contributed by atoms with Crippen LogP contribution in [0.4, 0.5) is 5.69 Å². The monoisotopic (exact) mass is 353 g/mol. The summed E-state index contributed by atoms with van der Waals surface area (Å²) in [6, 6.07) is 13.5. The average Bonchev–Trinajstić information content (AvgIpc) is 2.66. The molecule has 0 bridgehead atoms. The van der Waals surface area contributed by atoms with Crippen molar-refractivity contribution in [2.45, 2.75) is 33.6 Å². The van der Waals surface area contributed by atoms with Crippen LogP contribution >= 0.6 is 0 Å². The van der Waals surface area contributed by atoms with Gasteiger partial charge in [0.25, 0.3) is 0 Å². The maximum Gasteiger partial charge on any atom is 0.248 e. The third-order valence-electron chi connectivity index (χ3n) is 3.79. The smallest absolute Gasteiger partial charge is 0.248 e. The summed E-state index contributed by atoms with van der Waals surface area (Å²) in [5.41, 5.74) is 2.91. The van der Waals surface area contributed by atoms with E-state index in [0.29, 0.717) is 19.0 Å². The van der Waals surface area contributed by atoms with Crippen LogP contribution in [0.3, 0.4) is 0 Å². The van der Waals surface area contributed by atoms with E-state index in [1.807, 2.05) is 49.4 Å². The number of anilines is 1. The lowest BCUT2D eigenvalue weighted by atomic mass is 10.1. The molecule has 0 fully saturated rings. The minimum Gasteiger partial charge on any atom is -0.490 e. The summed E-state index contributed by atoms with van der Waals surface area (Å²) in [5.74, 6) is 1.25. The third kappa shape index (κ3) is 5.96. The summed E-state index contributed by atoms with van der Waals surface area (Å²) in [5, 5.41) is 2.86. The molecule has 26 heavy (non-hydrogen) atoms. The molecule has 1 N–H and O–H groups in total. The maximum atomic E-state index is 12.1. The minimum absolute atomic E-state index is 0.168. The summed E-state index contributed by atoms with van der Waals surface area (Å²) in [6.45, 7) is 7.30. The normalized spacial score (nSPS) is 10.7. The van der Waals surface area contributed by atoms with Crippen molar-refractivity contribution in [3.05, 3.63) is 59.7 Å². The number of rotatable bonds is 9. The molecule has 1 amide bonds. The number of nitrogens with one attached hydrogen (secondary N) is 1. The summed E-state index contributed by atoms with van der Waals surface area (Å²) < 4.78 is 11.3. The van der Waals surface area contributed by atoms with E-state index < -0.39 is 0 Å². The van der Waals surface area contributed by atoms with E-state index >= 15 is 0 Å². The minimum atomic E-state index is -0.168. The summed E-state index contributed by atoms with van der Waals surface area (Å²) in [7, 11) is 0. The van der Waals surface area contributed by atoms with Gasteiger partial charge in [0.1, 0.15) is 0 Å². The summed E-state index contributed by atoms with van der Waals surface area (Å²) in [6.07, 6.45) is 5.20. The van der Waals surface area contributed by atoms with Gasteiger partial charge in [0, 0.05) is 11.8 Å². The molecule has 2 rings (SSSR count). The van der Waals surface area contributed by atoms with Crippen molar-refractivity contribution in [3.8, 4) is 11.5 Å². The largest absolute Gasteiger partial charge is 0.490 e. The van der Waals surface area contributed by atoms with Gasteiger partial charge in [0.2, 0.25) is 5.91 Å². The van der Waals surface area contributed by atoms with Crippen molar-refractivity contribution < 1.29 is 14.3 Å². The molecular formula is C22H27NO3. The van der Waals surface area contributed by atoms with Crippen molar-refractivity contribution in [3.63, 3.8) is 0 Å². The fourth-order valence-electron chi connectivity index (χ4n) is 2.41. The average molecular weight is 353 g/mol. The Balaban J connectivity index is 2.03. The molecule has 2 aromatic rings. The van der Waals surface area contributed by atoms with E-state index in [1.54, 1.807) is 6.08 Å². The molecule has 2 aromatic carbocycles. The van der Waals surface area contributed by atoms with E-state index in [4.69, 9.17) is 9.47 Å². The SMILES string of the molecule is CCCOc1ccc(/C=C/C(=O)Nc2ccc(CC)cc2)cc1OCC. The molecule has 0 aliphatic heterocycles. The van der Waals surface area contributed by atoms with Crippen molar-refractivity contribution in [1.82, 2.24) is 0 Å². The number of benzene rings is 2. The zero-order valence-electron chi connectivity index (χ0n) is 15.7. The Kier molecular flexibility index (Phi) is 7.75. The second-order valence-electron chi connectivity index (χ2n) is 5.86. The van der Waals surface area contributed by atoms with Crippen LogP contribution in [0.2, 0.25) is 0 Å². The highest BCUT2D eigenvalue weighted by atomic mass is 16.5. The van der Waals surface area contributed by atoms with Crippen LogP contribution in [0.1, 0.15) is 38.3 Å². The highest BCUT2D eigenvalue weighted by Gasteiger charge is 2.06. The van der Waals surface area contributed by atoms with E-state index in [-0.39, 0.29) is 5.91 Å². The molecule has 4 heteroatoms. The Morgan fingerprint density at radius 1 is 1.00 bits per heavy atom. The van der Waals surface area contributed by atoms with Gasteiger partial charge in [-0.15, -0.1) is 0 Å². The van der Waals surface area contributed by atoms with Crippen LogP contribution in [0.5, 0.6) is 11.5 Å². The van der Waals surface area contributed by atoms with Gasteiger partial charge in [-0.1, -0.05) is 32.0 Å². The van der Waals surface area contributed by atoms with E-state index in [9.17, 15) is 4.79 Å². The number of carbonyl (C=O) groups excluding carboxylic acids is 1. The Morgan fingerprint density at radius 3 is 2.42 bits per heavy atom. The number of amides is 1. The first-order valence-corrected chi connectivity index (χ1v) is 9.13. The lowest BCUT2D eigenvalue weighted by Crippen LogP contribution is -2.07. The number of aryl methyl sites for hydroxylation is 1. The van der Waals surface area contributed by atoms with E-state index in [0.717, 1.165) is 29.8 Å². The maximum absolute atomic E-state index is 12.1. The number of ether oxygens (including phenoxy) is 2. The van der Waals surface area contributed by atoms with Crippen molar-refractivity contribution >= 4 is 17.7 Å². The molecule has 0 aliphatic carbocycles. The molecule has 0 saturated heterocycles. The zero-order chi connectivity index (χ0) is 18.8. The molecular weight excluding hydrogens is 326 g/mol. The molecule has 0 aliphatic rings. The second-order valence-corrected chi connectivity index (χ2v) is 5.86. The lowest BCUT2D eigenvalue weighted by Gasteiger charge is -2.12. The van der Waals surface area contributed by atoms with Gasteiger partial charge in [0.05, 0.1) is 13.2 Å². The fraction of sp³-hybridized carbons (Fsp3) is 0.318. The van der Waals surface area contributed by atoms with Gasteiger partial charge in [-0.2, -0.15) is 0 Å². The summed E-state index contributed by atoms with van der Waals surface area (Å²) >= 11 is 0. The van der Waals surface area contributed by atoms with Gasteiger partial charge in [0.15, 0.2) is 11.5 Å². The van der Waals surface area contributed by atoms with Crippen molar-refractivity contribution in [2.75, 3.05) is 18.5 Å². The van der Waals surface area contributed by atoms with Gasteiger partial charge >= 0.3 is 0 Å². The van der Waals surface area contributed by atoms with Crippen LogP contribution in [0.25, 0.3) is 6.08 Å². The Bertz CT molecular complexity index is 736. The summed E-state index contributed by atoms with van der Waals surface area (Å²) in [4.78, 5) is 12.1. The standard InChI is InChI=1S/C22H27NO3/c1-4-15-26-20-13-9-18(16-21(20)25-6-3)10-14-22(24)23-19-11-7-17(5-2)8-12-19/h7-14,16H,4-6,15H2,1-3H3,(H,23,24)/b14-10+. The Labute approximate surface area is 155 Å². The Morgan fingerprint density at radius 2 is 1.77 bits per heavy atom. The number of hydrogen-bond acceptors (Lipinski definition) is 3. The topological polar surface area (TPSA) is 47.6 Å². The Hall–Kier alpha value is -2.75. The predicted octanol–water partition coefficient (Wildman–Crippen LogP) is 5.09. The van der Waals surface area contributed by atoms with Gasteiger partial charge in [-0.05, 0) is 61.2 Å². The van der Waals surface area contributed by atoms with Gasteiger partial charge in [-0.3, -0.25) is 4.79 Å². The molecule has 0 spiro atoms. The second kappa shape index (κ2) is 10.3. The van der Waals surface area contributed by atoms with Crippen molar-refractivity contribution in [2.24, 2.45) is 0 Å².